The smallest absolute Gasteiger partial charge is 0.255 e. The van der Waals surface area contributed by atoms with Crippen molar-refractivity contribution in [2.45, 2.75) is 108 Å². The molecule has 78 heavy (non-hydrogen) atoms. The average Bonchev–Trinajstić information content (AvgIpc) is 4.28. The van der Waals surface area contributed by atoms with E-state index in [2.05, 4.69) is 67.2 Å². The average molecular weight is 1070 g/mol. The van der Waals surface area contributed by atoms with Crippen LogP contribution in [0.25, 0.3) is 21.8 Å². The molecule has 2 amide bonds. The number of pyridine rings is 2. The second-order valence-corrected chi connectivity index (χ2v) is 21.4. The normalized spacial score (nSPS) is 21.3. The molecule has 1 saturated carbocycles. The number of piperazine rings is 1. The fourth-order valence-corrected chi connectivity index (χ4v) is 11.6. The molecular weight excluding hydrogens is 1010 g/mol. The van der Waals surface area contributed by atoms with E-state index >= 15 is 0 Å². The van der Waals surface area contributed by atoms with Gasteiger partial charge in [0.2, 0.25) is 23.5 Å². The Morgan fingerprint density at radius 1 is 0.885 bits per heavy atom. The lowest BCUT2D eigenvalue weighted by Gasteiger charge is -2.43. The first-order valence-corrected chi connectivity index (χ1v) is 27.0. The Morgan fingerprint density at radius 3 is 2.40 bits per heavy atom. The molecule has 7 aromatic rings. The highest BCUT2D eigenvalue weighted by molar-refractivity contribution is 7.13. The van der Waals surface area contributed by atoms with Crippen LogP contribution in [0.5, 0.6) is 23.3 Å². The topological polar surface area (TPSA) is 266 Å². The van der Waals surface area contributed by atoms with Crippen molar-refractivity contribution < 1.29 is 38.5 Å². The van der Waals surface area contributed by atoms with E-state index in [1.807, 2.05) is 70.2 Å². The monoisotopic (exact) mass is 1070 g/mol. The molecule has 0 radical (unpaired) electrons. The van der Waals surface area contributed by atoms with Gasteiger partial charge in [0.25, 0.3) is 5.88 Å². The molecular formula is C56H59N13O8S. The van der Waals surface area contributed by atoms with Gasteiger partial charge in [-0.15, -0.1) is 21.5 Å². The van der Waals surface area contributed by atoms with Gasteiger partial charge < -0.3 is 54.7 Å². The first-order valence-electron chi connectivity index (χ1n) is 26.1. The van der Waals surface area contributed by atoms with Crippen molar-refractivity contribution in [3.05, 3.63) is 114 Å². The first kappa shape index (κ1) is 51.7. The predicted octanol–water partition coefficient (Wildman–Crippen LogP) is 6.29. The van der Waals surface area contributed by atoms with Crippen LogP contribution in [-0.2, 0) is 9.59 Å². The molecule has 6 atom stereocenters. The molecule has 2 bridgehead atoms. The number of nitrogen functional groups attached to an aromatic ring is 1. The Morgan fingerprint density at radius 2 is 1.67 bits per heavy atom. The minimum Gasteiger partial charge on any atom is -0.507 e. The number of aryl methyl sites for hydroxylation is 1. The van der Waals surface area contributed by atoms with Crippen molar-refractivity contribution in [2.75, 3.05) is 41.8 Å². The van der Waals surface area contributed by atoms with Crippen molar-refractivity contribution in [1.29, 1.82) is 0 Å². The maximum atomic E-state index is 14.2. The number of phenolic OH excluding ortho intramolecular Hbond substituents is 1. The number of β-amino-alcohol motifs (C(OH)–C–C–N with tert-alkyl or cyclic N) is 1. The number of aromatic nitrogens is 8. The van der Waals surface area contributed by atoms with Gasteiger partial charge in [-0.1, -0.05) is 38.0 Å². The van der Waals surface area contributed by atoms with Crippen molar-refractivity contribution >= 4 is 40.3 Å². The van der Waals surface area contributed by atoms with Crippen molar-refractivity contribution in [3.8, 4) is 56.9 Å². The summed E-state index contributed by atoms with van der Waals surface area (Å²) in [6, 6.07) is 17.7. The number of aromatic hydroxyl groups is 1. The summed E-state index contributed by atoms with van der Waals surface area (Å²) in [4.78, 5) is 57.2. The summed E-state index contributed by atoms with van der Waals surface area (Å²) in [5.74, 6) is 6.29. The van der Waals surface area contributed by atoms with Crippen LogP contribution in [0.2, 0.25) is 0 Å². The van der Waals surface area contributed by atoms with Gasteiger partial charge in [0, 0.05) is 86.8 Å². The lowest BCUT2D eigenvalue weighted by atomic mass is 9.91. The van der Waals surface area contributed by atoms with Gasteiger partial charge in [-0.2, -0.15) is 0 Å². The molecule has 1 aliphatic carbocycles. The zero-order valence-corrected chi connectivity index (χ0v) is 44.3. The van der Waals surface area contributed by atoms with E-state index in [1.54, 1.807) is 48.5 Å². The number of benzene rings is 1. The number of anilines is 3. The van der Waals surface area contributed by atoms with Crippen LogP contribution in [0.4, 0.5) is 17.2 Å². The minimum atomic E-state index is -0.886. The van der Waals surface area contributed by atoms with Gasteiger partial charge >= 0.3 is 0 Å². The summed E-state index contributed by atoms with van der Waals surface area (Å²) >= 11 is 1.52. The fraction of sp³-hybridized carbons (Fsp3) is 0.393. The van der Waals surface area contributed by atoms with Gasteiger partial charge in [0.1, 0.15) is 29.9 Å². The number of nitrogens with zero attached hydrogens (tertiary/aromatic N) is 11. The molecule has 402 valence electrons. The lowest BCUT2D eigenvalue weighted by Crippen LogP contribution is -2.54. The molecule has 2 unspecified atom stereocenters. The number of aliphatic hydroxyl groups excluding tert-OH is 1. The number of fused-ring (bicyclic) bond motifs is 2. The number of nitrogens with two attached hydrogens (primary N) is 1. The maximum Gasteiger partial charge on any atom is 0.255 e. The Balaban J connectivity index is 0.627. The molecule has 6 aromatic heterocycles. The summed E-state index contributed by atoms with van der Waals surface area (Å²) in [6.45, 7) is 9.02. The van der Waals surface area contributed by atoms with Crippen LogP contribution in [0, 0.1) is 24.7 Å². The number of nitrogens with one attached hydrogen (secondary N) is 1. The number of thiazole rings is 1. The quantitative estimate of drug-likeness (QED) is 0.0775. The Labute approximate surface area is 454 Å². The van der Waals surface area contributed by atoms with Gasteiger partial charge in [0.15, 0.2) is 23.9 Å². The van der Waals surface area contributed by atoms with Gasteiger partial charge in [-0.25, -0.2) is 19.9 Å². The van der Waals surface area contributed by atoms with E-state index in [0.717, 1.165) is 59.1 Å². The second-order valence-electron chi connectivity index (χ2n) is 20.5. The number of amides is 2. The van der Waals surface area contributed by atoms with E-state index in [1.165, 1.54) is 16.2 Å². The van der Waals surface area contributed by atoms with E-state index in [-0.39, 0.29) is 84.8 Å². The number of carbonyl (C=O) groups is 2. The summed E-state index contributed by atoms with van der Waals surface area (Å²) < 4.78 is 23.9. The van der Waals surface area contributed by atoms with Crippen LogP contribution in [0.15, 0.2) is 95.5 Å². The minimum absolute atomic E-state index is 0.00388. The standard InChI is InChI=1S/C56H59N13O8S/c1-31(2)52(56(73)68-29-38(70)19-46(68)55(72)63-32(3)34-11-14-43(59-24-34)53-33(4)62-30-78-53)48-23-51(66-77-48)74-17-7-10-49-60-25-41(26-61-49)75-39-20-40(21-39)76-50-18-35(15-16-58-50)69-36-12-13-37(69)28-67(27-36)45-22-44(64-65-54(45)57)42-8-5-6-9-47(42)71/h5-6,8-9,11,14-16,18,22-26,30-32,36-40,46,52,70-71H,12-13,17,19-21,27-29H2,1-4H3,(H2,57,65)(H,63,72)/t32-,36?,37?,38+,39?,40?,46-,52+/m0/s1. The Kier molecular flexibility index (Phi) is 14.8. The predicted molar refractivity (Wildman–Crippen MR) is 289 cm³/mol. The van der Waals surface area contributed by atoms with Crippen molar-refractivity contribution in [1.82, 2.24) is 50.5 Å². The number of para-hydroxylation sites is 1. The van der Waals surface area contributed by atoms with E-state index in [9.17, 15) is 19.8 Å². The molecule has 11 rings (SSSR count). The first-order chi connectivity index (χ1) is 37.8. The number of aliphatic hydroxyl groups is 1. The molecule has 0 spiro atoms. The van der Waals surface area contributed by atoms with Crippen LogP contribution in [-0.4, -0.2) is 130 Å². The summed E-state index contributed by atoms with van der Waals surface area (Å²) in [6.07, 6.45) is 9.24. The number of carbonyl (C=O) groups excluding carboxylic acids is 2. The van der Waals surface area contributed by atoms with E-state index in [4.69, 9.17) is 24.5 Å². The summed E-state index contributed by atoms with van der Waals surface area (Å²) in [5.41, 5.74) is 13.7. The second kappa shape index (κ2) is 22.3. The number of rotatable bonds is 16. The Hall–Kier alpha value is -8.42. The number of likely N-dealkylation sites (tertiary alicyclic amines) is 1. The third-order valence-corrected chi connectivity index (χ3v) is 15.8. The third-order valence-electron chi connectivity index (χ3n) is 14.8. The van der Waals surface area contributed by atoms with Gasteiger partial charge in [0.05, 0.1) is 57.7 Å². The summed E-state index contributed by atoms with van der Waals surface area (Å²) in [5, 5.41) is 36.7. The van der Waals surface area contributed by atoms with Crippen molar-refractivity contribution in [3.63, 3.8) is 0 Å². The molecule has 3 aliphatic heterocycles. The van der Waals surface area contributed by atoms with Gasteiger partial charge in [-0.05, 0) is 79.6 Å². The van der Waals surface area contributed by atoms with Crippen LogP contribution >= 0.6 is 11.3 Å². The van der Waals surface area contributed by atoms with Crippen LogP contribution in [0.1, 0.15) is 87.7 Å². The van der Waals surface area contributed by atoms with Gasteiger partial charge in [-0.3, -0.25) is 14.6 Å². The molecule has 21 nitrogen and oxygen atoms in total. The van der Waals surface area contributed by atoms with E-state index in [0.29, 0.717) is 41.5 Å². The zero-order chi connectivity index (χ0) is 54.0. The Bertz CT molecular complexity index is 3330. The fourth-order valence-electron chi connectivity index (χ4n) is 10.8. The molecule has 22 heteroatoms. The number of hydrogen-bond donors (Lipinski definition) is 4. The zero-order valence-electron chi connectivity index (χ0n) is 43.5. The largest absolute Gasteiger partial charge is 0.507 e. The number of phenols is 1. The number of hydrogen-bond acceptors (Lipinski definition) is 20. The summed E-state index contributed by atoms with van der Waals surface area (Å²) in [7, 11) is 0. The maximum absolute atomic E-state index is 14.2. The lowest BCUT2D eigenvalue weighted by molar-refractivity contribution is -0.141. The van der Waals surface area contributed by atoms with Crippen molar-refractivity contribution in [2.24, 2.45) is 5.92 Å². The van der Waals surface area contributed by atoms with E-state index < -0.39 is 24.1 Å². The third kappa shape index (κ3) is 11.1. The van der Waals surface area contributed by atoms with Crippen LogP contribution < -0.4 is 35.1 Å². The highest BCUT2D eigenvalue weighted by Gasteiger charge is 2.44. The molecule has 4 fully saturated rings. The SMILES string of the molecule is Cc1ncsc1-c1ccc([C@H](C)NC(=O)[C@@H]2C[C@@H](O)CN2C(=O)[C@@H](c2cc(OCC#Cc3ncc(OC4CC(Oc5cc(N6C7CCC6CN(c6cc(-c8ccccc8O)nnc6N)C7)ccn5)C4)cn3)no2)C(C)C)cn1. The highest BCUT2D eigenvalue weighted by atomic mass is 32.1. The molecule has 5 N–H and O–H groups in total. The molecule has 4 aliphatic rings. The molecule has 3 saturated heterocycles. The van der Waals surface area contributed by atoms with Crippen LogP contribution in [0.3, 0.4) is 0 Å². The number of ether oxygens (including phenoxy) is 3. The highest BCUT2D eigenvalue weighted by Crippen LogP contribution is 2.41. The molecule has 9 heterocycles. The molecule has 1 aromatic carbocycles.